The number of aryl methyl sites for hydroxylation is 1. The summed E-state index contributed by atoms with van der Waals surface area (Å²) in [5, 5.41) is 14.7. The van der Waals surface area contributed by atoms with Crippen LogP contribution in [0.15, 0.2) is 33.3 Å². The van der Waals surface area contributed by atoms with Crippen molar-refractivity contribution in [3.63, 3.8) is 0 Å². The molecular formula is C12H9BrN2O4. The van der Waals surface area contributed by atoms with Crippen LogP contribution >= 0.6 is 15.9 Å². The number of nitrogens with zero attached hydrogens (tertiary/aromatic N) is 1. The highest BCUT2D eigenvalue weighted by atomic mass is 79.9. The predicted molar refractivity (Wildman–Crippen MR) is 70.3 cm³/mol. The van der Waals surface area contributed by atoms with E-state index in [0.717, 1.165) is 16.1 Å². The first-order chi connectivity index (χ1) is 8.97. The van der Waals surface area contributed by atoms with E-state index in [0.29, 0.717) is 5.69 Å². The first-order valence-electron chi connectivity index (χ1n) is 5.25. The van der Waals surface area contributed by atoms with Gasteiger partial charge in [-0.1, -0.05) is 21.1 Å². The molecule has 7 heteroatoms. The number of halogens is 1. The van der Waals surface area contributed by atoms with Crippen LogP contribution < -0.4 is 5.32 Å². The number of amides is 1. The lowest BCUT2D eigenvalue weighted by atomic mass is 10.2. The van der Waals surface area contributed by atoms with Crippen molar-refractivity contribution in [3.05, 3.63) is 45.8 Å². The van der Waals surface area contributed by atoms with Crippen molar-refractivity contribution in [2.75, 3.05) is 5.32 Å². The van der Waals surface area contributed by atoms with Gasteiger partial charge in [-0.25, -0.2) is 4.79 Å². The lowest BCUT2D eigenvalue weighted by molar-refractivity contribution is 0.0651. The predicted octanol–water partition coefficient (Wildman–Crippen LogP) is 2.70. The first kappa shape index (κ1) is 13.3. The second kappa shape index (κ2) is 5.23. The van der Waals surface area contributed by atoms with Crippen molar-refractivity contribution in [1.82, 2.24) is 5.16 Å². The molecule has 0 bridgehead atoms. The normalized spacial score (nSPS) is 10.2. The Balaban J connectivity index is 2.18. The van der Waals surface area contributed by atoms with Crippen LogP contribution in [0.3, 0.4) is 0 Å². The van der Waals surface area contributed by atoms with E-state index in [1.165, 1.54) is 0 Å². The van der Waals surface area contributed by atoms with E-state index in [-0.39, 0.29) is 11.5 Å². The Morgan fingerprint density at radius 2 is 2.11 bits per heavy atom. The molecule has 1 heterocycles. The molecule has 6 nitrogen and oxygen atoms in total. The van der Waals surface area contributed by atoms with E-state index < -0.39 is 11.9 Å². The van der Waals surface area contributed by atoms with Crippen molar-refractivity contribution in [2.24, 2.45) is 0 Å². The van der Waals surface area contributed by atoms with Crippen LogP contribution in [-0.2, 0) is 0 Å². The fourth-order valence-electron chi connectivity index (χ4n) is 1.44. The number of anilines is 1. The molecule has 0 aliphatic rings. The number of rotatable bonds is 3. The van der Waals surface area contributed by atoms with Gasteiger partial charge in [0.2, 0.25) is 5.76 Å². The molecule has 0 radical (unpaired) electrons. The van der Waals surface area contributed by atoms with Gasteiger partial charge in [0.1, 0.15) is 0 Å². The summed E-state index contributed by atoms with van der Waals surface area (Å²) in [6.07, 6.45) is 0. The highest BCUT2D eigenvalue weighted by Gasteiger charge is 2.17. The third-order valence-electron chi connectivity index (χ3n) is 2.39. The zero-order valence-electron chi connectivity index (χ0n) is 9.81. The van der Waals surface area contributed by atoms with E-state index in [2.05, 4.69) is 30.9 Å². The van der Waals surface area contributed by atoms with E-state index >= 15 is 0 Å². The van der Waals surface area contributed by atoms with Gasteiger partial charge in [0.15, 0.2) is 5.69 Å². The Morgan fingerprint density at radius 3 is 2.68 bits per heavy atom. The number of benzene rings is 1. The summed E-state index contributed by atoms with van der Waals surface area (Å²) in [7, 11) is 0. The van der Waals surface area contributed by atoms with Crippen LogP contribution in [0.25, 0.3) is 0 Å². The minimum atomic E-state index is -1.27. The van der Waals surface area contributed by atoms with E-state index in [4.69, 9.17) is 5.11 Å². The minimum absolute atomic E-state index is 0.0836. The molecule has 2 aromatic rings. The number of aromatic nitrogens is 1. The van der Waals surface area contributed by atoms with Crippen molar-refractivity contribution in [2.45, 2.75) is 6.92 Å². The largest absolute Gasteiger partial charge is 0.475 e. The molecule has 0 atom stereocenters. The van der Waals surface area contributed by atoms with Crippen molar-refractivity contribution in [1.29, 1.82) is 0 Å². The summed E-state index contributed by atoms with van der Waals surface area (Å²) in [5.74, 6) is -2.18. The zero-order valence-corrected chi connectivity index (χ0v) is 11.4. The Labute approximate surface area is 116 Å². The highest BCUT2D eigenvalue weighted by molar-refractivity contribution is 9.10. The third kappa shape index (κ3) is 3.00. The maximum atomic E-state index is 11.8. The average Bonchev–Trinajstić information content (AvgIpc) is 2.82. The van der Waals surface area contributed by atoms with E-state index in [1.54, 1.807) is 12.1 Å². The highest BCUT2D eigenvalue weighted by Crippen LogP contribution is 2.20. The van der Waals surface area contributed by atoms with Crippen LogP contribution in [0.2, 0.25) is 0 Å². The van der Waals surface area contributed by atoms with Gasteiger partial charge in [0, 0.05) is 16.2 Å². The molecule has 0 fully saturated rings. The fraction of sp³-hybridized carbons (Fsp3) is 0.0833. The minimum Gasteiger partial charge on any atom is -0.475 e. The fourth-order valence-corrected chi connectivity index (χ4v) is 1.91. The Bertz CT molecular complexity index is 651. The molecule has 1 aromatic heterocycles. The second-order valence-corrected chi connectivity index (χ2v) is 4.71. The summed E-state index contributed by atoms with van der Waals surface area (Å²) in [6, 6.07) is 6.44. The molecule has 19 heavy (non-hydrogen) atoms. The van der Waals surface area contributed by atoms with Gasteiger partial charge < -0.3 is 14.9 Å². The number of carbonyl (C=O) groups excluding carboxylic acids is 1. The quantitative estimate of drug-likeness (QED) is 0.905. The van der Waals surface area contributed by atoms with Gasteiger partial charge in [-0.2, -0.15) is 0 Å². The van der Waals surface area contributed by atoms with Gasteiger partial charge in [-0.05, 0) is 30.7 Å². The molecule has 0 aliphatic heterocycles. The van der Waals surface area contributed by atoms with Crippen molar-refractivity contribution in [3.8, 4) is 0 Å². The number of carboxylic acid groups (broad SMARTS) is 1. The van der Waals surface area contributed by atoms with Gasteiger partial charge >= 0.3 is 5.97 Å². The molecule has 0 aliphatic carbocycles. The Morgan fingerprint density at radius 1 is 1.37 bits per heavy atom. The maximum absolute atomic E-state index is 11.8. The molecule has 2 rings (SSSR count). The molecule has 98 valence electrons. The molecule has 0 saturated carbocycles. The lowest BCUT2D eigenvalue weighted by Gasteiger charge is -2.06. The van der Waals surface area contributed by atoms with Crippen LogP contribution in [-0.4, -0.2) is 22.1 Å². The zero-order chi connectivity index (χ0) is 14.0. The molecule has 1 aromatic carbocycles. The number of carbonyl (C=O) groups is 2. The van der Waals surface area contributed by atoms with Gasteiger partial charge in [0.25, 0.3) is 5.91 Å². The second-order valence-electron chi connectivity index (χ2n) is 3.79. The summed E-state index contributed by atoms with van der Waals surface area (Å²) in [4.78, 5) is 22.5. The van der Waals surface area contributed by atoms with Crippen LogP contribution in [0.1, 0.15) is 26.6 Å². The van der Waals surface area contributed by atoms with Crippen molar-refractivity contribution >= 4 is 33.5 Å². The SMILES string of the molecule is Cc1cc(Br)ccc1NC(=O)c1cc(C(=O)O)on1. The van der Waals surface area contributed by atoms with Crippen molar-refractivity contribution < 1.29 is 19.2 Å². The van der Waals surface area contributed by atoms with Crippen LogP contribution in [0, 0.1) is 6.92 Å². The summed E-state index contributed by atoms with van der Waals surface area (Å²) < 4.78 is 5.42. The standard InChI is InChI=1S/C12H9BrN2O4/c1-6-4-7(13)2-3-8(6)14-11(16)9-5-10(12(17)18)19-15-9/h2-5H,1H3,(H,14,16)(H,17,18). The molecule has 1 amide bonds. The number of carboxylic acids is 1. The summed E-state index contributed by atoms with van der Waals surface area (Å²) in [5.41, 5.74) is 1.40. The lowest BCUT2D eigenvalue weighted by Crippen LogP contribution is -2.13. The van der Waals surface area contributed by atoms with Gasteiger partial charge in [0.05, 0.1) is 0 Å². The average molecular weight is 325 g/mol. The Kier molecular flexibility index (Phi) is 3.66. The molecular weight excluding hydrogens is 316 g/mol. The molecule has 0 spiro atoms. The summed E-state index contributed by atoms with van der Waals surface area (Å²) >= 11 is 3.32. The van der Waals surface area contributed by atoms with Gasteiger partial charge in [-0.15, -0.1) is 0 Å². The number of hydrogen-bond donors (Lipinski definition) is 2. The van der Waals surface area contributed by atoms with Crippen LogP contribution in [0.5, 0.6) is 0 Å². The first-order valence-corrected chi connectivity index (χ1v) is 6.04. The maximum Gasteiger partial charge on any atom is 0.374 e. The number of hydrogen-bond acceptors (Lipinski definition) is 4. The molecule has 0 unspecified atom stereocenters. The Hall–Kier alpha value is -2.15. The smallest absolute Gasteiger partial charge is 0.374 e. The topological polar surface area (TPSA) is 92.4 Å². The molecule has 2 N–H and O–H groups in total. The number of aromatic carboxylic acids is 1. The number of nitrogens with one attached hydrogen (secondary N) is 1. The van der Waals surface area contributed by atoms with E-state index in [1.807, 2.05) is 13.0 Å². The monoisotopic (exact) mass is 324 g/mol. The van der Waals surface area contributed by atoms with E-state index in [9.17, 15) is 9.59 Å². The third-order valence-corrected chi connectivity index (χ3v) is 2.88. The summed E-state index contributed by atoms with van der Waals surface area (Å²) in [6.45, 7) is 1.84. The van der Waals surface area contributed by atoms with Gasteiger partial charge in [-0.3, -0.25) is 4.79 Å². The van der Waals surface area contributed by atoms with Crippen LogP contribution in [0.4, 0.5) is 5.69 Å². The molecule has 0 saturated heterocycles.